The summed E-state index contributed by atoms with van der Waals surface area (Å²) in [5, 5.41) is 15.0. The first-order valence-corrected chi connectivity index (χ1v) is 7.35. The summed E-state index contributed by atoms with van der Waals surface area (Å²) >= 11 is 0. The fourth-order valence-electron chi connectivity index (χ4n) is 2.60. The van der Waals surface area contributed by atoms with Crippen molar-refractivity contribution >= 4 is 0 Å². The van der Waals surface area contributed by atoms with Gasteiger partial charge in [-0.15, -0.1) is 0 Å². The molecule has 2 aromatic rings. The summed E-state index contributed by atoms with van der Waals surface area (Å²) in [5.41, 5.74) is 5.62. The van der Waals surface area contributed by atoms with E-state index < -0.39 is 6.10 Å². The van der Waals surface area contributed by atoms with Gasteiger partial charge in [-0.2, -0.15) is 5.10 Å². The second-order valence-corrected chi connectivity index (χ2v) is 5.45. The maximum absolute atomic E-state index is 10.5. The Balaban J connectivity index is 2.22. The minimum atomic E-state index is -0.511. The monoisotopic (exact) mass is 272 g/mol. The molecule has 0 fully saturated rings. The largest absolute Gasteiger partial charge is 0.386 e. The molecule has 2 rings (SSSR count). The summed E-state index contributed by atoms with van der Waals surface area (Å²) in [7, 11) is 0. The first-order valence-electron chi connectivity index (χ1n) is 7.35. The smallest absolute Gasteiger partial charge is 0.0986 e. The first kappa shape index (κ1) is 14.8. The van der Waals surface area contributed by atoms with Gasteiger partial charge in [-0.05, 0) is 38.3 Å². The van der Waals surface area contributed by atoms with E-state index in [0.29, 0.717) is 6.54 Å². The number of nitrogens with zero attached hydrogens (tertiary/aromatic N) is 2. The van der Waals surface area contributed by atoms with Gasteiger partial charge in [-0.3, -0.25) is 4.68 Å². The van der Waals surface area contributed by atoms with E-state index in [4.69, 9.17) is 0 Å². The van der Waals surface area contributed by atoms with Crippen molar-refractivity contribution in [3.05, 3.63) is 52.3 Å². The molecule has 0 radical (unpaired) electrons. The highest BCUT2D eigenvalue weighted by atomic mass is 16.3. The number of aliphatic hydroxyl groups excluding tert-OH is 1. The van der Waals surface area contributed by atoms with Crippen molar-refractivity contribution in [2.75, 3.05) is 0 Å². The zero-order chi connectivity index (χ0) is 14.7. The third-order valence-corrected chi connectivity index (χ3v) is 3.61. The van der Waals surface area contributed by atoms with E-state index in [1.165, 1.54) is 16.8 Å². The van der Waals surface area contributed by atoms with Gasteiger partial charge in [-0.25, -0.2) is 0 Å². The van der Waals surface area contributed by atoms with Gasteiger partial charge in [0.1, 0.15) is 0 Å². The van der Waals surface area contributed by atoms with Gasteiger partial charge < -0.3 is 5.11 Å². The van der Waals surface area contributed by atoms with Crippen LogP contribution in [0, 0.1) is 13.8 Å². The fourth-order valence-corrected chi connectivity index (χ4v) is 2.60. The molecule has 0 bridgehead atoms. The van der Waals surface area contributed by atoms with E-state index in [1.54, 1.807) is 0 Å². The Kier molecular flexibility index (Phi) is 4.61. The molecule has 0 aliphatic heterocycles. The maximum atomic E-state index is 10.5. The molecule has 1 aromatic heterocycles. The van der Waals surface area contributed by atoms with Crippen LogP contribution in [-0.2, 0) is 19.4 Å². The minimum absolute atomic E-state index is 0.511. The second kappa shape index (κ2) is 6.23. The van der Waals surface area contributed by atoms with Gasteiger partial charge in [-0.1, -0.05) is 43.2 Å². The predicted molar refractivity (Wildman–Crippen MR) is 81.9 cm³/mol. The highest BCUT2D eigenvalue weighted by Crippen LogP contribution is 2.19. The molecule has 108 valence electrons. The van der Waals surface area contributed by atoms with Gasteiger partial charge in [0.15, 0.2) is 0 Å². The van der Waals surface area contributed by atoms with Crippen molar-refractivity contribution in [1.29, 1.82) is 0 Å². The Morgan fingerprint density at radius 1 is 1.05 bits per heavy atom. The minimum Gasteiger partial charge on any atom is -0.386 e. The highest BCUT2D eigenvalue weighted by molar-refractivity contribution is 5.30. The molecule has 1 N–H and O–H groups in total. The van der Waals surface area contributed by atoms with Crippen LogP contribution >= 0.6 is 0 Å². The van der Waals surface area contributed by atoms with Crippen LogP contribution in [0.1, 0.15) is 48.0 Å². The van der Waals surface area contributed by atoms with E-state index in [2.05, 4.69) is 44.9 Å². The topological polar surface area (TPSA) is 38.0 Å². The average Bonchev–Trinajstić information content (AvgIpc) is 2.79. The Bertz CT molecular complexity index is 566. The molecule has 0 aliphatic carbocycles. The summed E-state index contributed by atoms with van der Waals surface area (Å²) in [6.45, 7) is 8.86. The molecule has 1 atom stereocenters. The Morgan fingerprint density at radius 3 is 2.25 bits per heavy atom. The second-order valence-electron chi connectivity index (χ2n) is 5.45. The summed E-state index contributed by atoms with van der Waals surface area (Å²) in [5.74, 6) is 0. The molecule has 1 heterocycles. The Labute approximate surface area is 121 Å². The zero-order valence-corrected chi connectivity index (χ0v) is 12.8. The third-order valence-electron chi connectivity index (χ3n) is 3.61. The molecule has 0 spiro atoms. The number of aromatic nitrogens is 2. The zero-order valence-electron chi connectivity index (χ0n) is 12.8. The molecular formula is C17H24N2O. The predicted octanol–water partition coefficient (Wildman–Crippen LogP) is 3.36. The van der Waals surface area contributed by atoms with Crippen LogP contribution in [0.4, 0.5) is 0 Å². The van der Waals surface area contributed by atoms with Gasteiger partial charge in [0.25, 0.3) is 0 Å². The summed E-state index contributed by atoms with van der Waals surface area (Å²) in [6.07, 6.45) is 1.36. The number of benzene rings is 1. The van der Waals surface area contributed by atoms with Crippen molar-refractivity contribution in [2.24, 2.45) is 0 Å². The lowest BCUT2D eigenvalue weighted by Crippen LogP contribution is -2.13. The van der Waals surface area contributed by atoms with Crippen LogP contribution in [0.2, 0.25) is 0 Å². The van der Waals surface area contributed by atoms with Gasteiger partial charge >= 0.3 is 0 Å². The lowest BCUT2D eigenvalue weighted by Gasteiger charge is -2.14. The van der Waals surface area contributed by atoms with Crippen LogP contribution in [0.5, 0.6) is 0 Å². The standard InChI is InChI=1S/C17H24N2O/c1-5-15-10-16(6-2)19(18-15)11-17(20)14-8-12(3)7-13(4)9-14/h7-10,17,20H,5-6,11H2,1-4H3. The Morgan fingerprint density at radius 2 is 1.70 bits per heavy atom. The van der Waals surface area contributed by atoms with Gasteiger partial charge in [0.05, 0.1) is 18.3 Å². The fraction of sp³-hybridized carbons (Fsp3) is 0.471. The number of aliphatic hydroxyl groups is 1. The molecule has 1 unspecified atom stereocenters. The van der Waals surface area contributed by atoms with Gasteiger partial charge in [0, 0.05) is 5.69 Å². The molecule has 3 nitrogen and oxygen atoms in total. The van der Waals surface area contributed by atoms with Crippen molar-refractivity contribution in [3.63, 3.8) is 0 Å². The molecule has 0 saturated carbocycles. The van der Waals surface area contributed by atoms with E-state index in [9.17, 15) is 5.11 Å². The van der Waals surface area contributed by atoms with E-state index in [1.807, 2.05) is 16.8 Å². The molecule has 0 saturated heterocycles. The van der Waals surface area contributed by atoms with Crippen molar-refractivity contribution in [1.82, 2.24) is 9.78 Å². The third kappa shape index (κ3) is 3.28. The molecule has 0 amide bonds. The van der Waals surface area contributed by atoms with Crippen LogP contribution in [0.25, 0.3) is 0 Å². The quantitative estimate of drug-likeness (QED) is 0.906. The van der Waals surface area contributed by atoms with Crippen LogP contribution < -0.4 is 0 Å². The number of hydrogen-bond donors (Lipinski definition) is 1. The number of rotatable bonds is 5. The van der Waals surface area contributed by atoms with E-state index in [0.717, 1.165) is 24.1 Å². The van der Waals surface area contributed by atoms with E-state index >= 15 is 0 Å². The number of aryl methyl sites for hydroxylation is 4. The summed E-state index contributed by atoms with van der Waals surface area (Å²) in [4.78, 5) is 0. The number of hydrogen-bond acceptors (Lipinski definition) is 2. The van der Waals surface area contributed by atoms with Crippen molar-refractivity contribution < 1.29 is 5.11 Å². The first-order chi connectivity index (χ1) is 9.53. The Hall–Kier alpha value is -1.61. The molecule has 1 aromatic carbocycles. The molecule has 20 heavy (non-hydrogen) atoms. The lowest BCUT2D eigenvalue weighted by atomic mass is 10.0. The lowest BCUT2D eigenvalue weighted by molar-refractivity contribution is 0.150. The summed E-state index contributed by atoms with van der Waals surface area (Å²) in [6, 6.07) is 8.35. The SMILES string of the molecule is CCc1cc(CC)n(CC(O)c2cc(C)cc(C)c2)n1. The molecule has 0 aliphatic rings. The molecule has 3 heteroatoms. The van der Waals surface area contributed by atoms with Crippen LogP contribution in [-0.4, -0.2) is 14.9 Å². The average molecular weight is 272 g/mol. The van der Waals surface area contributed by atoms with Crippen LogP contribution in [0.15, 0.2) is 24.3 Å². The van der Waals surface area contributed by atoms with Crippen molar-refractivity contribution in [2.45, 2.75) is 53.2 Å². The van der Waals surface area contributed by atoms with Crippen LogP contribution in [0.3, 0.4) is 0 Å². The normalized spacial score (nSPS) is 12.7. The maximum Gasteiger partial charge on any atom is 0.0986 e. The van der Waals surface area contributed by atoms with Gasteiger partial charge in [0.2, 0.25) is 0 Å². The molecular weight excluding hydrogens is 248 g/mol. The van der Waals surface area contributed by atoms with Crippen molar-refractivity contribution in [3.8, 4) is 0 Å². The summed E-state index contributed by atoms with van der Waals surface area (Å²) < 4.78 is 1.95. The highest BCUT2D eigenvalue weighted by Gasteiger charge is 2.13. The van der Waals surface area contributed by atoms with E-state index in [-0.39, 0.29) is 0 Å².